The number of Topliss-reactive ketones (excluding diaryl/α,β-unsaturated/α-hetero) is 1. The second-order valence-corrected chi connectivity index (χ2v) is 7.13. The molecule has 6 heteroatoms. The van der Waals surface area contributed by atoms with Crippen LogP contribution < -0.4 is 5.32 Å². The molecule has 1 aliphatic rings. The van der Waals surface area contributed by atoms with Gasteiger partial charge in [0.15, 0.2) is 11.4 Å². The monoisotopic (exact) mass is 374 g/mol. The van der Waals surface area contributed by atoms with Crippen LogP contribution in [0.3, 0.4) is 0 Å². The van der Waals surface area contributed by atoms with Gasteiger partial charge in [0, 0.05) is 41.6 Å². The van der Waals surface area contributed by atoms with Gasteiger partial charge in [-0.3, -0.25) is 9.59 Å². The molecular formula is C22H22N4O2. The number of ketones is 1. The van der Waals surface area contributed by atoms with E-state index in [-0.39, 0.29) is 11.7 Å². The summed E-state index contributed by atoms with van der Waals surface area (Å²) in [6.07, 6.45) is 3.67. The molecule has 6 nitrogen and oxygen atoms in total. The highest BCUT2D eigenvalue weighted by Gasteiger charge is 2.24. The summed E-state index contributed by atoms with van der Waals surface area (Å²) in [4.78, 5) is 35.4. The molecule has 3 heterocycles. The molecular weight excluding hydrogens is 352 g/mol. The number of anilines is 2. The normalized spacial score (nSPS) is 13.7. The van der Waals surface area contributed by atoms with Crippen LogP contribution in [0.25, 0.3) is 11.0 Å². The maximum atomic E-state index is 13.1. The number of hydrogen-bond donors (Lipinski definition) is 1. The standard InChI is InChI=1S/C22H22N4O2/c1-14-5-10-18-20(25-17-8-6-16(7-9-17)15(2)27)19(13-23-21(18)24-14)22(28)26-11-3-4-12-26/h5-10,13H,3-4,11-12H2,1-2H3,(H,23,24,25). The Bertz CT molecular complexity index is 1050. The molecule has 1 N–H and O–H groups in total. The van der Waals surface area contributed by atoms with E-state index >= 15 is 0 Å². The first-order valence-corrected chi connectivity index (χ1v) is 9.46. The molecule has 2 aromatic heterocycles. The van der Waals surface area contributed by atoms with Crippen molar-refractivity contribution in [2.24, 2.45) is 0 Å². The number of benzene rings is 1. The molecule has 0 aliphatic carbocycles. The van der Waals surface area contributed by atoms with Crippen LogP contribution in [0.15, 0.2) is 42.6 Å². The molecule has 0 saturated carbocycles. The Hall–Kier alpha value is -3.28. The van der Waals surface area contributed by atoms with Gasteiger partial charge in [0.1, 0.15) is 0 Å². The fourth-order valence-corrected chi connectivity index (χ4v) is 3.49. The number of carbonyl (C=O) groups excluding carboxylic acids is 2. The zero-order valence-electron chi connectivity index (χ0n) is 16.0. The Morgan fingerprint density at radius 3 is 2.43 bits per heavy atom. The summed E-state index contributed by atoms with van der Waals surface area (Å²) >= 11 is 0. The lowest BCUT2D eigenvalue weighted by molar-refractivity contribution is 0.0793. The molecule has 1 fully saturated rings. The number of carbonyl (C=O) groups is 2. The van der Waals surface area contributed by atoms with E-state index in [1.165, 1.54) is 0 Å². The molecule has 1 saturated heterocycles. The third-order valence-electron chi connectivity index (χ3n) is 5.05. The maximum absolute atomic E-state index is 13.1. The number of fused-ring (bicyclic) bond motifs is 1. The van der Waals surface area contributed by atoms with Crippen LogP contribution in [-0.2, 0) is 0 Å². The van der Waals surface area contributed by atoms with Crippen molar-refractivity contribution in [2.45, 2.75) is 26.7 Å². The molecule has 1 amide bonds. The number of nitrogens with zero attached hydrogens (tertiary/aromatic N) is 3. The van der Waals surface area contributed by atoms with Crippen molar-refractivity contribution in [3.8, 4) is 0 Å². The Balaban J connectivity index is 1.79. The lowest BCUT2D eigenvalue weighted by Crippen LogP contribution is -2.28. The van der Waals surface area contributed by atoms with Crippen LogP contribution in [-0.4, -0.2) is 39.6 Å². The lowest BCUT2D eigenvalue weighted by Gasteiger charge is -2.19. The zero-order valence-corrected chi connectivity index (χ0v) is 16.0. The largest absolute Gasteiger partial charge is 0.354 e. The number of aromatic nitrogens is 2. The molecule has 0 spiro atoms. The van der Waals surface area contributed by atoms with Crippen molar-refractivity contribution in [1.82, 2.24) is 14.9 Å². The zero-order chi connectivity index (χ0) is 19.7. The summed E-state index contributed by atoms with van der Waals surface area (Å²) in [6, 6.07) is 11.1. The molecule has 3 aromatic rings. The molecule has 142 valence electrons. The minimum atomic E-state index is -0.0182. The van der Waals surface area contributed by atoms with Gasteiger partial charge in [-0.25, -0.2) is 9.97 Å². The first kappa shape index (κ1) is 18.1. The van der Waals surface area contributed by atoms with E-state index in [1.807, 2.05) is 36.1 Å². The van der Waals surface area contributed by atoms with Crippen LogP contribution in [0.5, 0.6) is 0 Å². The number of nitrogens with one attached hydrogen (secondary N) is 1. The number of pyridine rings is 2. The van der Waals surface area contributed by atoms with Crippen LogP contribution in [0.1, 0.15) is 46.2 Å². The summed E-state index contributed by atoms with van der Waals surface area (Å²) in [5.41, 5.74) is 4.15. The average Bonchev–Trinajstić information content (AvgIpc) is 3.22. The van der Waals surface area contributed by atoms with Crippen LogP contribution in [0, 0.1) is 6.92 Å². The number of hydrogen-bond acceptors (Lipinski definition) is 5. The highest BCUT2D eigenvalue weighted by atomic mass is 16.2. The van der Waals surface area contributed by atoms with Crippen LogP contribution in [0.4, 0.5) is 11.4 Å². The fraction of sp³-hybridized carbons (Fsp3) is 0.273. The van der Waals surface area contributed by atoms with Gasteiger partial charge < -0.3 is 10.2 Å². The highest BCUT2D eigenvalue weighted by molar-refractivity contribution is 6.07. The smallest absolute Gasteiger partial charge is 0.257 e. The van der Waals surface area contributed by atoms with E-state index in [1.54, 1.807) is 25.3 Å². The summed E-state index contributed by atoms with van der Waals surface area (Å²) < 4.78 is 0. The van der Waals surface area contributed by atoms with Crippen LogP contribution >= 0.6 is 0 Å². The highest BCUT2D eigenvalue weighted by Crippen LogP contribution is 2.30. The lowest BCUT2D eigenvalue weighted by atomic mass is 10.1. The predicted octanol–water partition coefficient (Wildman–Crippen LogP) is 4.12. The molecule has 0 bridgehead atoms. The van der Waals surface area contributed by atoms with Gasteiger partial charge >= 0.3 is 0 Å². The van der Waals surface area contributed by atoms with Gasteiger partial charge in [-0.15, -0.1) is 0 Å². The number of aryl methyl sites for hydroxylation is 1. The van der Waals surface area contributed by atoms with E-state index in [4.69, 9.17) is 0 Å². The second-order valence-electron chi connectivity index (χ2n) is 7.13. The van der Waals surface area contributed by atoms with E-state index in [0.717, 1.165) is 42.7 Å². The maximum Gasteiger partial charge on any atom is 0.257 e. The topological polar surface area (TPSA) is 75.2 Å². The molecule has 0 unspecified atom stereocenters. The van der Waals surface area contributed by atoms with E-state index in [2.05, 4.69) is 15.3 Å². The van der Waals surface area contributed by atoms with Crippen molar-refractivity contribution >= 4 is 34.1 Å². The Kier molecular flexibility index (Phi) is 4.77. The summed E-state index contributed by atoms with van der Waals surface area (Å²) in [5, 5.41) is 4.16. The predicted molar refractivity (Wildman–Crippen MR) is 109 cm³/mol. The van der Waals surface area contributed by atoms with Gasteiger partial charge in [0.25, 0.3) is 5.91 Å². The third kappa shape index (κ3) is 3.45. The number of rotatable bonds is 4. The Morgan fingerprint density at radius 2 is 1.75 bits per heavy atom. The first-order chi connectivity index (χ1) is 13.5. The van der Waals surface area contributed by atoms with Gasteiger partial charge in [0.2, 0.25) is 0 Å². The van der Waals surface area contributed by atoms with E-state index in [0.29, 0.717) is 22.5 Å². The quantitative estimate of drug-likeness (QED) is 0.695. The minimum absolute atomic E-state index is 0.0182. The van der Waals surface area contributed by atoms with Crippen molar-refractivity contribution in [3.63, 3.8) is 0 Å². The van der Waals surface area contributed by atoms with E-state index in [9.17, 15) is 9.59 Å². The first-order valence-electron chi connectivity index (χ1n) is 9.46. The van der Waals surface area contributed by atoms with Crippen molar-refractivity contribution in [2.75, 3.05) is 18.4 Å². The summed E-state index contributed by atoms with van der Waals surface area (Å²) in [7, 11) is 0. The second kappa shape index (κ2) is 7.38. The number of likely N-dealkylation sites (tertiary alicyclic amines) is 1. The van der Waals surface area contributed by atoms with Crippen LogP contribution in [0.2, 0.25) is 0 Å². The summed E-state index contributed by atoms with van der Waals surface area (Å²) in [5.74, 6) is 0.000757. The third-order valence-corrected chi connectivity index (χ3v) is 5.05. The number of amides is 1. The molecule has 1 aromatic carbocycles. The molecule has 28 heavy (non-hydrogen) atoms. The van der Waals surface area contributed by atoms with Gasteiger partial charge in [0.05, 0.1) is 11.3 Å². The summed E-state index contributed by atoms with van der Waals surface area (Å²) in [6.45, 7) is 5.00. The van der Waals surface area contributed by atoms with Gasteiger partial charge in [-0.1, -0.05) is 0 Å². The Labute approximate surface area is 163 Å². The van der Waals surface area contributed by atoms with Crippen molar-refractivity contribution in [1.29, 1.82) is 0 Å². The molecule has 0 atom stereocenters. The van der Waals surface area contributed by atoms with E-state index < -0.39 is 0 Å². The molecule has 4 rings (SSSR count). The minimum Gasteiger partial charge on any atom is -0.354 e. The van der Waals surface area contributed by atoms with Crippen molar-refractivity contribution in [3.05, 3.63) is 59.4 Å². The molecule has 1 aliphatic heterocycles. The SMILES string of the molecule is CC(=O)c1ccc(Nc2c(C(=O)N3CCCC3)cnc3nc(C)ccc23)cc1. The molecule has 0 radical (unpaired) electrons. The van der Waals surface area contributed by atoms with Crippen molar-refractivity contribution < 1.29 is 9.59 Å². The Morgan fingerprint density at radius 1 is 1.04 bits per heavy atom. The fourth-order valence-electron chi connectivity index (χ4n) is 3.49. The van der Waals surface area contributed by atoms with Gasteiger partial charge in [-0.2, -0.15) is 0 Å². The average molecular weight is 374 g/mol. The van der Waals surface area contributed by atoms with Gasteiger partial charge in [-0.05, 0) is 63.1 Å².